The van der Waals surface area contributed by atoms with Crippen molar-refractivity contribution in [2.24, 2.45) is 0 Å². The summed E-state index contributed by atoms with van der Waals surface area (Å²) in [4.78, 5) is 2.23. The van der Waals surface area contributed by atoms with E-state index in [4.69, 9.17) is 4.74 Å². The van der Waals surface area contributed by atoms with Crippen LogP contribution in [-0.4, -0.2) is 39.9 Å². The Kier molecular flexibility index (Phi) is 4.05. The Balaban J connectivity index is 1.70. The van der Waals surface area contributed by atoms with Gasteiger partial charge < -0.3 is 9.84 Å². The van der Waals surface area contributed by atoms with Gasteiger partial charge in [0.15, 0.2) is 0 Å². The summed E-state index contributed by atoms with van der Waals surface area (Å²) >= 11 is 2.12. The number of rotatable bonds is 4. The number of hydrogen-bond acceptors (Lipinski definition) is 3. The fourth-order valence-corrected chi connectivity index (χ4v) is 2.55. The Morgan fingerprint density at radius 3 is 2.75 bits per heavy atom. The van der Waals surface area contributed by atoms with E-state index >= 15 is 0 Å². The molecule has 16 heavy (non-hydrogen) atoms. The van der Waals surface area contributed by atoms with Crippen LogP contribution in [0.25, 0.3) is 0 Å². The molecule has 1 fully saturated rings. The van der Waals surface area contributed by atoms with Gasteiger partial charge >= 0.3 is 0 Å². The second-order valence-corrected chi connectivity index (χ2v) is 6.11. The van der Waals surface area contributed by atoms with E-state index in [1.807, 2.05) is 30.3 Å². The number of halogens is 1. The van der Waals surface area contributed by atoms with Gasteiger partial charge in [0.1, 0.15) is 16.0 Å². The summed E-state index contributed by atoms with van der Waals surface area (Å²) < 4.78 is 5.07. The van der Waals surface area contributed by atoms with Crippen molar-refractivity contribution in [1.82, 2.24) is 4.90 Å². The van der Waals surface area contributed by atoms with E-state index in [0.717, 1.165) is 31.8 Å². The summed E-state index contributed by atoms with van der Waals surface area (Å²) in [7, 11) is 0. The summed E-state index contributed by atoms with van der Waals surface area (Å²) in [6, 6.07) is 9.82. The van der Waals surface area contributed by atoms with Gasteiger partial charge in [-0.3, -0.25) is 4.90 Å². The Morgan fingerprint density at radius 2 is 2.12 bits per heavy atom. The molecule has 2 rings (SSSR count). The van der Waals surface area contributed by atoms with Crippen LogP contribution in [0.3, 0.4) is 0 Å². The maximum Gasteiger partial charge on any atom is 0.129 e. The normalized spacial score (nSPS) is 25.9. The van der Waals surface area contributed by atoms with E-state index in [0.29, 0.717) is 6.61 Å². The van der Waals surface area contributed by atoms with E-state index in [1.165, 1.54) is 0 Å². The SMILES string of the molecule is OC1(I)CCN(CCOc2ccccc2)C1. The maximum absolute atomic E-state index is 9.79. The summed E-state index contributed by atoms with van der Waals surface area (Å²) in [5.74, 6) is 0.909. The van der Waals surface area contributed by atoms with E-state index in [9.17, 15) is 5.11 Å². The molecular weight excluding hydrogens is 317 g/mol. The minimum absolute atomic E-state index is 0.537. The van der Waals surface area contributed by atoms with Crippen LogP contribution in [0.5, 0.6) is 5.75 Å². The van der Waals surface area contributed by atoms with Crippen molar-refractivity contribution in [3.8, 4) is 5.75 Å². The van der Waals surface area contributed by atoms with E-state index in [1.54, 1.807) is 0 Å². The maximum atomic E-state index is 9.79. The lowest BCUT2D eigenvalue weighted by Gasteiger charge is -2.17. The molecule has 0 aliphatic carbocycles. The van der Waals surface area contributed by atoms with E-state index in [2.05, 4.69) is 27.5 Å². The molecular formula is C12H16INO2. The fourth-order valence-electron chi connectivity index (χ4n) is 1.83. The highest BCUT2D eigenvalue weighted by Crippen LogP contribution is 2.27. The van der Waals surface area contributed by atoms with Crippen molar-refractivity contribution in [3.63, 3.8) is 0 Å². The Bertz CT molecular complexity index is 329. The number of nitrogens with zero attached hydrogens (tertiary/aromatic N) is 1. The molecule has 0 saturated carbocycles. The number of hydrogen-bond donors (Lipinski definition) is 1. The Labute approximate surface area is 110 Å². The van der Waals surface area contributed by atoms with Crippen LogP contribution in [-0.2, 0) is 0 Å². The minimum Gasteiger partial charge on any atom is -0.492 e. The van der Waals surface area contributed by atoms with Crippen LogP contribution in [0.2, 0.25) is 0 Å². The topological polar surface area (TPSA) is 32.7 Å². The molecule has 1 saturated heterocycles. The van der Waals surface area contributed by atoms with Gasteiger partial charge in [0.05, 0.1) is 0 Å². The number of likely N-dealkylation sites (tertiary alicyclic amines) is 1. The van der Waals surface area contributed by atoms with Gasteiger partial charge in [0.25, 0.3) is 0 Å². The van der Waals surface area contributed by atoms with Gasteiger partial charge in [0.2, 0.25) is 0 Å². The zero-order valence-corrected chi connectivity index (χ0v) is 11.3. The molecule has 0 bridgehead atoms. The third-order valence-corrected chi connectivity index (χ3v) is 3.58. The Morgan fingerprint density at radius 1 is 1.38 bits per heavy atom. The van der Waals surface area contributed by atoms with Gasteiger partial charge in [-0.05, 0) is 41.1 Å². The molecule has 1 heterocycles. The summed E-state index contributed by atoms with van der Waals surface area (Å²) in [5.41, 5.74) is 0. The molecule has 4 heteroatoms. The van der Waals surface area contributed by atoms with Gasteiger partial charge in [-0.1, -0.05) is 18.2 Å². The van der Waals surface area contributed by atoms with Crippen LogP contribution in [0, 0.1) is 0 Å². The van der Waals surface area contributed by atoms with Gasteiger partial charge in [-0.15, -0.1) is 0 Å². The molecule has 88 valence electrons. The van der Waals surface area contributed by atoms with Crippen molar-refractivity contribution >= 4 is 22.6 Å². The van der Waals surface area contributed by atoms with Crippen LogP contribution in [0.15, 0.2) is 30.3 Å². The second-order valence-electron chi connectivity index (χ2n) is 4.11. The largest absolute Gasteiger partial charge is 0.492 e. The third kappa shape index (κ3) is 3.61. The molecule has 0 radical (unpaired) electrons. The number of benzene rings is 1. The lowest BCUT2D eigenvalue weighted by Crippen LogP contribution is -2.30. The molecule has 1 atom stereocenters. The fraction of sp³-hybridized carbons (Fsp3) is 0.500. The molecule has 3 nitrogen and oxygen atoms in total. The zero-order valence-electron chi connectivity index (χ0n) is 9.10. The molecule has 1 aromatic rings. The van der Waals surface area contributed by atoms with E-state index < -0.39 is 3.61 Å². The quantitative estimate of drug-likeness (QED) is 0.675. The molecule has 1 aliphatic heterocycles. The molecule has 0 aromatic heterocycles. The first-order valence-electron chi connectivity index (χ1n) is 5.47. The van der Waals surface area contributed by atoms with Crippen LogP contribution in [0.4, 0.5) is 0 Å². The number of para-hydroxylation sites is 1. The second kappa shape index (κ2) is 5.33. The molecule has 1 unspecified atom stereocenters. The van der Waals surface area contributed by atoms with Crippen molar-refractivity contribution in [1.29, 1.82) is 0 Å². The van der Waals surface area contributed by atoms with Crippen molar-refractivity contribution < 1.29 is 9.84 Å². The molecule has 1 aliphatic rings. The Hall–Kier alpha value is -0.330. The van der Waals surface area contributed by atoms with Gasteiger partial charge in [0, 0.05) is 19.6 Å². The third-order valence-electron chi connectivity index (χ3n) is 2.70. The molecule has 0 amide bonds. The smallest absolute Gasteiger partial charge is 0.129 e. The predicted molar refractivity (Wildman–Crippen MR) is 72.0 cm³/mol. The van der Waals surface area contributed by atoms with Gasteiger partial charge in [-0.2, -0.15) is 0 Å². The average Bonchev–Trinajstić information content (AvgIpc) is 2.60. The lowest BCUT2D eigenvalue weighted by atomic mass is 10.3. The highest BCUT2D eigenvalue weighted by atomic mass is 127. The minimum atomic E-state index is -0.537. The molecule has 1 N–H and O–H groups in total. The summed E-state index contributed by atoms with van der Waals surface area (Å²) in [5, 5.41) is 9.79. The lowest BCUT2D eigenvalue weighted by molar-refractivity contribution is 0.153. The molecule has 1 aromatic carbocycles. The van der Waals surface area contributed by atoms with Crippen molar-refractivity contribution in [2.45, 2.75) is 10.0 Å². The van der Waals surface area contributed by atoms with Crippen molar-refractivity contribution in [3.05, 3.63) is 30.3 Å². The van der Waals surface area contributed by atoms with Crippen LogP contribution < -0.4 is 4.74 Å². The van der Waals surface area contributed by atoms with Crippen LogP contribution >= 0.6 is 22.6 Å². The number of ether oxygens (including phenoxy) is 1. The molecule has 0 spiro atoms. The average molecular weight is 333 g/mol. The summed E-state index contributed by atoms with van der Waals surface area (Å²) in [6.07, 6.45) is 0.846. The monoisotopic (exact) mass is 333 g/mol. The van der Waals surface area contributed by atoms with Crippen molar-refractivity contribution in [2.75, 3.05) is 26.2 Å². The first-order valence-corrected chi connectivity index (χ1v) is 6.55. The first kappa shape index (κ1) is 12.1. The zero-order chi connectivity index (χ0) is 11.4. The highest BCUT2D eigenvalue weighted by Gasteiger charge is 2.32. The van der Waals surface area contributed by atoms with E-state index in [-0.39, 0.29) is 0 Å². The van der Waals surface area contributed by atoms with Gasteiger partial charge in [-0.25, -0.2) is 0 Å². The van der Waals surface area contributed by atoms with Crippen LogP contribution in [0.1, 0.15) is 6.42 Å². The first-order chi connectivity index (χ1) is 7.66. The standard InChI is InChI=1S/C12H16INO2/c13-12(15)6-7-14(10-12)8-9-16-11-4-2-1-3-5-11/h1-5,15H,6-10H2. The summed E-state index contributed by atoms with van der Waals surface area (Å²) in [6.45, 7) is 3.25. The highest BCUT2D eigenvalue weighted by molar-refractivity contribution is 14.1. The predicted octanol–water partition coefficient (Wildman–Crippen LogP) is 1.89. The number of alkyl halides is 1. The number of β-amino-alcohol motifs (C(OH)–C–C–N with tert-alkyl or cyclic N) is 1. The number of aliphatic hydroxyl groups is 1.